The Bertz CT molecular complexity index is 568. The Morgan fingerprint density at radius 3 is 2.70 bits per heavy atom. The molecule has 0 aliphatic carbocycles. The van der Waals surface area contributed by atoms with Crippen molar-refractivity contribution in [1.82, 2.24) is 10.7 Å². The van der Waals surface area contributed by atoms with E-state index in [-0.39, 0.29) is 0 Å². The zero-order valence-corrected chi connectivity index (χ0v) is 15.1. The van der Waals surface area contributed by atoms with E-state index in [2.05, 4.69) is 21.9 Å². The van der Waals surface area contributed by atoms with Gasteiger partial charge in [-0.2, -0.15) is 5.10 Å². The third-order valence-corrected chi connectivity index (χ3v) is 4.55. The van der Waals surface area contributed by atoms with Gasteiger partial charge in [0, 0.05) is 12.6 Å². The Morgan fingerprint density at radius 2 is 2.04 bits per heavy atom. The van der Waals surface area contributed by atoms with Gasteiger partial charge in [-0.15, -0.1) is 0 Å². The van der Waals surface area contributed by atoms with Gasteiger partial charge in [0.1, 0.15) is 12.3 Å². The molecule has 3 N–H and O–H groups in total. The molecule has 23 heavy (non-hydrogen) atoms. The molecule has 1 heterocycles. The summed E-state index contributed by atoms with van der Waals surface area (Å²) in [6.07, 6.45) is 4.01. The van der Waals surface area contributed by atoms with Gasteiger partial charge >= 0.3 is 0 Å². The molecule has 1 saturated heterocycles. The largest absolute Gasteiger partial charge is 0.496 e. The van der Waals surface area contributed by atoms with Gasteiger partial charge in [-0.25, -0.2) is 0 Å². The lowest BCUT2D eigenvalue weighted by Gasteiger charge is -2.24. The first-order chi connectivity index (χ1) is 11.1. The van der Waals surface area contributed by atoms with Crippen LogP contribution in [0.1, 0.15) is 37.3 Å². The lowest BCUT2D eigenvalue weighted by molar-refractivity contribution is -0.918. The molecule has 1 aliphatic rings. The highest BCUT2D eigenvalue weighted by Crippen LogP contribution is 2.20. The molecular weight excluding hydrogens is 308 g/mol. The van der Waals surface area contributed by atoms with E-state index in [1.165, 1.54) is 37.9 Å². The molecule has 0 spiro atoms. The van der Waals surface area contributed by atoms with Gasteiger partial charge in [0.25, 0.3) is 0 Å². The maximum absolute atomic E-state index is 5.54. The van der Waals surface area contributed by atoms with Crippen molar-refractivity contribution in [3.05, 3.63) is 29.3 Å². The molecule has 0 radical (unpaired) electrons. The van der Waals surface area contributed by atoms with E-state index in [0.717, 1.165) is 23.6 Å². The first-order valence-corrected chi connectivity index (χ1v) is 8.57. The molecule has 1 aliphatic heterocycles. The number of hydrogen-bond donors (Lipinski definition) is 3. The monoisotopic (exact) mass is 335 g/mol. The van der Waals surface area contributed by atoms with Crippen LogP contribution < -0.4 is 20.4 Å². The highest BCUT2D eigenvalue weighted by atomic mass is 32.1. The number of nitrogens with one attached hydrogen (secondary N) is 3. The number of hydrogen-bond acceptors (Lipinski definition) is 3. The summed E-state index contributed by atoms with van der Waals surface area (Å²) in [6.45, 7) is 5.48. The van der Waals surface area contributed by atoms with E-state index >= 15 is 0 Å². The van der Waals surface area contributed by atoms with Crippen LogP contribution in [-0.4, -0.2) is 38.1 Å². The number of rotatable bonds is 5. The molecule has 2 rings (SSSR count). The van der Waals surface area contributed by atoms with Crippen LogP contribution in [-0.2, 0) is 6.54 Å². The van der Waals surface area contributed by atoms with Crippen LogP contribution in [0.4, 0.5) is 0 Å². The summed E-state index contributed by atoms with van der Waals surface area (Å²) in [5, 5.41) is 7.68. The fourth-order valence-electron chi connectivity index (χ4n) is 2.89. The van der Waals surface area contributed by atoms with Crippen molar-refractivity contribution in [3.63, 3.8) is 0 Å². The molecule has 0 unspecified atom stereocenters. The van der Waals surface area contributed by atoms with Gasteiger partial charge < -0.3 is 15.0 Å². The molecular formula is C17H27N4OS+. The topological polar surface area (TPSA) is 50.1 Å². The van der Waals surface area contributed by atoms with Crippen LogP contribution in [0.3, 0.4) is 0 Å². The predicted molar refractivity (Wildman–Crippen MR) is 98.3 cm³/mol. The zero-order valence-electron chi connectivity index (χ0n) is 14.2. The third kappa shape index (κ3) is 5.18. The van der Waals surface area contributed by atoms with Crippen LogP contribution in [0, 0.1) is 0 Å². The quantitative estimate of drug-likeness (QED) is 0.428. The number of piperidine rings is 1. The second kappa shape index (κ2) is 8.84. The molecule has 0 saturated carbocycles. The maximum atomic E-state index is 5.54. The van der Waals surface area contributed by atoms with E-state index in [9.17, 15) is 0 Å². The number of hydrazone groups is 1. The van der Waals surface area contributed by atoms with Crippen molar-refractivity contribution in [2.75, 3.05) is 27.2 Å². The summed E-state index contributed by atoms with van der Waals surface area (Å²) >= 11 is 5.04. The molecule has 0 bridgehead atoms. The second-order valence-electron chi connectivity index (χ2n) is 5.90. The molecule has 126 valence electrons. The van der Waals surface area contributed by atoms with Crippen molar-refractivity contribution in [1.29, 1.82) is 0 Å². The van der Waals surface area contributed by atoms with E-state index in [1.807, 2.05) is 19.1 Å². The summed E-state index contributed by atoms with van der Waals surface area (Å²) < 4.78 is 5.54. The minimum absolute atomic E-state index is 0.510. The Balaban J connectivity index is 2.15. The Morgan fingerprint density at radius 1 is 1.30 bits per heavy atom. The highest BCUT2D eigenvalue weighted by Gasteiger charge is 2.17. The first-order valence-electron chi connectivity index (χ1n) is 8.17. The third-order valence-electron chi connectivity index (χ3n) is 4.25. The highest BCUT2D eigenvalue weighted by molar-refractivity contribution is 7.80. The standard InChI is InChI=1S/C17H26N4OS/c1-13(19-20-17(23)18-2)14-7-8-16(22-3)15(11-14)12-21-9-5-4-6-10-21/h7-8,11H,4-6,9-10,12H2,1-3H3,(H2,18,20,23)/p+1/b19-13-. The van der Waals surface area contributed by atoms with Crippen molar-refractivity contribution in [3.8, 4) is 5.75 Å². The van der Waals surface area contributed by atoms with Crippen molar-refractivity contribution < 1.29 is 9.64 Å². The average Bonchev–Trinajstić information content (AvgIpc) is 2.60. The van der Waals surface area contributed by atoms with Gasteiger partial charge in [0.05, 0.1) is 25.9 Å². The fourth-order valence-corrected chi connectivity index (χ4v) is 2.94. The van der Waals surface area contributed by atoms with Crippen LogP contribution >= 0.6 is 12.2 Å². The second-order valence-corrected chi connectivity index (χ2v) is 6.31. The molecule has 0 atom stereocenters. The van der Waals surface area contributed by atoms with Crippen molar-refractivity contribution >= 4 is 23.0 Å². The minimum Gasteiger partial charge on any atom is -0.496 e. The van der Waals surface area contributed by atoms with E-state index < -0.39 is 0 Å². The van der Waals surface area contributed by atoms with Crippen molar-refractivity contribution in [2.45, 2.75) is 32.7 Å². The number of thiocarbonyl (C=S) groups is 1. The number of likely N-dealkylation sites (tertiary alicyclic amines) is 1. The number of benzene rings is 1. The smallest absolute Gasteiger partial charge is 0.186 e. The number of quaternary nitrogens is 1. The number of ether oxygens (including phenoxy) is 1. The Kier molecular flexibility index (Phi) is 6.80. The maximum Gasteiger partial charge on any atom is 0.186 e. The van der Waals surface area contributed by atoms with Gasteiger partial charge in [-0.3, -0.25) is 5.43 Å². The molecule has 0 amide bonds. The lowest BCUT2D eigenvalue weighted by Crippen LogP contribution is -3.11. The summed E-state index contributed by atoms with van der Waals surface area (Å²) in [5.74, 6) is 0.957. The van der Waals surface area contributed by atoms with Gasteiger partial charge in [-0.05, 0) is 62.2 Å². The molecule has 1 aromatic rings. The summed E-state index contributed by atoms with van der Waals surface area (Å²) in [7, 11) is 3.50. The van der Waals surface area contributed by atoms with E-state index in [0.29, 0.717) is 5.11 Å². The summed E-state index contributed by atoms with van der Waals surface area (Å²) in [4.78, 5) is 1.63. The molecule has 0 aromatic heterocycles. The average molecular weight is 335 g/mol. The van der Waals surface area contributed by atoms with Gasteiger partial charge in [0.2, 0.25) is 0 Å². The van der Waals surface area contributed by atoms with Crippen molar-refractivity contribution in [2.24, 2.45) is 5.10 Å². The summed E-state index contributed by atoms with van der Waals surface area (Å²) in [6, 6.07) is 6.25. The number of nitrogens with zero attached hydrogens (tertiary/aromatic N) is 1. The molecule has 6 heteroatoms. The normalized spacial score (nSPS) is 16.0. The zero-order chi connectivity index (χ0) is 16.7. The van der Waals surface area contributed by atoms with Crippen LogP contribution in [0.15, 0.2) is 23.3 Å². The van der Waals surface area contributed by atoms with Crippen LogP contribution in [0.2, 0.25) is 0 Å². The minimum atomic E-state index is 0.510. The lowest BCUT2D eigenvalue weighted by atomic mass is 10.0. The molecule has 5 nitrogen and oxygen atoms in total. The van der Waals surface area contributed by atoms with Crippen LogP contribution in [0.5, 0.6) is 5.75 Å². The number of methoxy groups -OCH3 is 1. The van der Waals surface area contributed by atoms with Crippen LogP contribution in [0.25, 0.3) is 0 Å². The predicted octanol–water partition coefficient (Wildman–Crippen LogP) is 1.08. The summed E-state index contributed by atoms with van der Waals surface area (Å²) in [5.41, 5.74) is 6.06. The fraction of sp³-hybridized carbons (Fsp3) is 0.529. The van der Waals surface area contributed by atoms with E-state index in [4.69, 9.17) is 17.0 Å². The van der Waals surface area contributed by atoms with E-state index in [1.54, 1.807) is 19.1 Å². The molecule has 1 fully saturated rings. The SMILES string of the molecule is CNC(=S)N/N=C(/C)c1ccc(OC)c(C[NH+]2CCCCC2)c1. The Labute approximate surface area is 144 Å². The Hall–Kier alpha value is -1.66. The van der Waals surface area contributed by atoms with Gasteiger partial charge in [0.15, 0.2) is 5.11 Å². The first kappa shape index (κ1) is 17.7. The molecule has 1 aromatic carbocycles. The van der Waals surface area contributed by atoms with Gasteiger partial charge in [-0.1, -0.05) is 0 Å².